The lowest BCUT2D eigenvalue weighted by molar-refractivity contribution is -0.908. The second kappa shape index (κ2) is 10.3. The number of aromatic nitrogens is 4. The highest BCUT2D eigenvalue weighted by Gasteiger charge is 2.13. The van der Waals surface area contributed by atoms with Gasteiger partial charge in [-0.3, -0.25) is 4.79 Å². The van der Waals surface area contributed by atoms with Crippen LogP contribution in [-0.4, -0.2) is 71.7 Å². The smallest absolute Gasteiger partial charge is 0.251 e. The quantitative estimate of drug-likeness (QED) is 0.422. The molecular weight excluding hydrogens is 394 g/mol. The van der Waals surface area contributed by atoms with Crippen molar-refractivity contribution in [2.45, 2.75) is 19.8 Å². The molecule has 164 valence electrons. The van der Waals surface area contributed by atoms with Crippen molar-refractivity contribution in [3.63, 3.8) is 0 Å². The molecule has 31 heavy (non-hydrogen) atoms. The molecule has 3 aromatic rings. The number of nitrogens with zero attached hydrogens (tertiary/aromatic N) is 4. The highest BCUT2D eigenvalue weighted by molar-refractivity contribution is 5.94. The fraction of sp³-hybridized carbons (Fsp3) is 0.455. The lowest BCUT2D eigenvalue weighted by Crippen LogP contribution is -3.14. The molecule has 3 heterocycles. The van der Waals surface area contributed by atoms with Gasteiger partial charge in [-0.2, -0.15) is 4.52 Å². The first-order chi connectivity index (χ1) is 15.2. The first-order valence-electron chi connectivity index (χ1n) is 10.9. The van der Waals surface area contributed by atoms with E-state index in [2.05, 4.69) is 25.9 Å². The van der Waals surface area contributed by atoms with Crippen LogP contribution in [0, 0.1) is 6.92 Å². The standard InChI is InChI=1S/C22H29N7O2/c1-17-3-5-18(6-4-17)22(30)24-11-9-21-26-25-20-8-7-19(27-29(20)21)23-10-2-12-28-13-15-31-16-14-28/h3-8H,2,9-16H2,1H3,(H,23,27)(H,24,30)/p+1. The van der Waals surface area contributed by atoms with Gasteiger partial charge in [-0.1, -0.05) is 17.7 Å². The van der Waals surface area contributed by atoms with Gasteiger partial charge in [0.1, 0.15) is 18.9 Å². The molecule has 1 aromatic carbocycles. The zero-order valence-corrected chi connectivity index (χ0v) is 17.9. The second-order valence-corrected chi connectivity index (χ2v) is 7.87. The number of carbonyl (C=O) groups excluding carboxylic acids is 1. The third-order valence-corrected chi connectivity index (χ3v) is 5.49. The third kappa shape index (κ3) is 5.77. The van der Waals surface area contributed by atoms with Crippen LogP contribution in [0.3, 0.4) is 0 Å². The Labute approximate surface area is 181 Å². The van der Waals surface area contributed by atoms with Crippen LogP contribution in [0.25, 0.3) is 5.65 Å². The van der Waals surface area contributed by atoms with E-state index in [1.165, 1.54) is 0 Å². The zero-order chi connectivity index (χ0) is 21.5. The number of fused-ring (bicyclic) bond motifs is 1. The largest absolute Gasteiger partial charge is 0.370 e. The molecule has 9 heteroatoms. The Balaban J connectivity index is 1.27. The van der Waals surface area contributed by atoms with Crippen LogP contribution < -0.4 is 15.5 Å². The van der Waals surface area contributed by atoms with Gasteiger partial charge in [-0.05, 0) is 31.2 Å². The van der Waals surface area contributed by atoms with Gasteiger partial charge in [0.25, 0.3) is 5.91 Å². The molecule has 4 rings (SSSR count). The van der Waals surface area contributed by atoms with Crippen molar-refractivity contribution in [1.29, 1.82) is 0 Å². The summed E-state index contributed by atoms with van der Waals surface area (Å²) >= 11 is 0. The Kier molecular flexibility index (Phi) is 7.06. The Morgan fingerprint density at radius 1 is 1.10 bits per heavy atom. The molecule has 3 N–H and O–H groups in total. The summed E-state index contributed by atoms with van der Waals surface area (Å²) in [5.74, 6) is 1.43. The predicted molar refractivity (Wildman–Crippen MR) is 117 cm³/mol. The van der Waals surface area contributed by atoms with E-state index in [-0.39, 0.29) is 5.91 Å². The van der Waals surface area contributed by atoms with Gasteiger partial charge in [0.2, 0.25) is 0 Å². The number of hydrogen-bond acceptors (Lipinski definition) is 6. The van der Waals surface area contributed by atoms with Crippen molar-refractivity contribution in [3.8, 4) is 0 Å². The van der Waals surface area contributed by atoms with Crippen LogP contribution >= 0.6 is 0 Å². The van der Waals surface area contributed by atoms with E-state index in [4.69, 9.17) is 4.74 Å². The first-order valence-corrected chi connectivity index (χ1v) is 10.9. The normalized spacial score (nSPS) is 14.6. The Morgan fingerprint density at radius 3 is 2.71 bits per heavy atom. The zero-order valence-electron chi connectivity index (χ0n) is 17.9. The summed E-state index contributed by atoms with van der Waals surface area (Å²) in [6, 6.07) is 11.4. The third-order valence-electron chi connectivity index (χ3n) is 5.49. The van der Waals surface area contributed by atoms with Crippen LogP contribution in [0.1, 0.15) is 28.2 Å². The lowest BCUT2D eigenvalue weighted by Gasteiger charge is -2.23. The van der Waals surface area contributed by atoms with E-state index < -0.39 is 0 Å². The maximum Gasteiger partial charge on any atom is 0.251 e. The van der Waals surface area contributed by atoms with Crippen LogP contribution in [0.5, 0.6) is 0 Å². The van der Waals surface area contributed by atoms with E-state index in [0.29, 0.717) is 24.2 Å². The van der Waals surface area contributed by atoms with Crippen LogP contribution in [0.15, 0.2) is 36.4 Å². The molecule has 1 aliphatic heterocycles. The number of rotatable bonds is 9. The summed E-state index contributed by atoms with van der Waals surface area (Å²) in [7, 11) is 0. The minimum atomic E-state index is -0.0912. The predicted octanol–water partition coefficient (Wildman–Crippen LogP) is 0.122. The van der Waals surface area contributed by atoms with Crippen molar-refractivity contribution in [3.05, 3.63) is 53.3 Å². The molecule has 1 fully saturated rings. The van der Waals surface area contributed by atoms with E-state index in [1.807, 2.05) is 43.3 Å². The van der Waals surface area contributed by atoms with Gasteiger partial charge in [-0.15, -0.1) is 15.3 Å². The van der Waals surface area contributed by atoms with Crippen molar-refractivity contribution in [1.82, 2.24) is 25.1 Å². The Bertz CT molecular complexity index is 997. The molecule has 0 bridgehead atoms. The Morgan fingerprint density at radius 2 is 1.90 bits per heavy atom. The minimum absolute atomic E-state index is 0.0912. The summed E-state index contributed by atoms with van der Waals surface area (Å²) in [5.41, 5.74) is 2.48. The number of aryl methyl sites for hydroxylation is 1. The van der Waals surface area contributed by atoms with Gasteiger partial charge < -0.3 is 20.3 Å². The number of nitrogens with one attached hydrogen (secondary N) is 3. The van der Waals surface area contributed by atoms with Gasteiger partial charge in [0.15, 0.2) is 11.5 Å². The monoisotopic (exact) mass is 424 g/mol. The Hall–Kier alpha value is -3.04. The van der Waals surface area contributed by atoms with Crippen molar-refractivity contribution in [2.75, 3.05) is 51.3 Å². The highest BCUT2D eigenvalue weighted by atomic mass is 16.5. The molecule has 2 aromatic heterocycles. The summed E-state index contributed by atoms with van der Waals surface area (Å²) in [5, 5.41) is 19.4. The molecule has 0 aliphatic carbocycles. The molecule has 0 saturated carbocycles. The van der Waals surface area contributed by atoms with Gasteiger partial charge in [0.05, 0.1) is 19.8 Å². The fourth-order valence-corrected chi connectivity index (χ4v) is 3.64. The van der Waals surface area contributed by atoms with Crippen LogP contribution in [0.2, 0.25) is 0 Å². The maximum atomic E-state index is 12.3. The number of hydrogen-bond donors (Lipinski definition) is 3. The molecule has 1 amide bonds. The van der Waals surface area contributed by atoms with Gasteiger partial charge in [0, 0.05) is 31.5 Å². The summed E-state index contributed by atoms with van der Waals surface area (Å²) in [6.07, 6.45) is 1.63. The molecular formula is C22H30N7O2+. The number of amides is 1. The number of quaternary nitrogens is 1. The molecule has 9 nitrogen and oxygen atoms in total. The van der Waals surface area contributed by atoms with Crippen LogP contribution in [-0.2, 0) is 11.2 Å². The average molecular weight is 425 g/mol. The van der Waals surface area contributed by atoms with Gasteiger partial charge in [-0.25, -0.2) is 0 Å². The summed E-state index contributed by atoms with van der Waals surface area (Å²) < 4.78 is 7.15. The molecule has 0 unspecified atom stereocenters. The number of carbonyl (C=O) groups is 1. The molecule has 0 atom stereocenters. The fourth-order valence-electron chi connectivity index (χ4n) is 3.64. The van der Waals surface area contributed by atoms with Crippen molar-refractivity contribution >= 4 is 17.4 Å². The lowest BCUT2D eigenvalue weighted by atomic mass is 10.1. The number of benzene rings is 1. The SMILES string of the molecule is Cc1ccc(C(=O)NCCc2nnc3ccc(NCCC[NH+]4CCOCC4)nn23)cc1. The number of ether oxygens (including phenoxy) is 1. The summed E-state index contributed by atoms with van der Waals surface area (Å²) in [4.78, 5) is 13.9. The first kappa shape index (κ1) is 21.2. The van der Waals surface area contributed by atoms with E-state index in [9.17, 15) is 4.79 Å². The topological polar surface area (TPSA) is 97.9 Å². The average Bonchev–Trinajstić information content (AvgIpc) is 3.20. The van der Waals surface area contributed by atoms with Gasteiger partial charge >= 0.3 is 0 Å². The second-order valence-electron chi connectivity index (χ2n) is 7.87. The highest BCUT2D eigenvalue weighted by Crippen LogP contribution is 2.08. The number of anilines is 1. The van der Waals surface area contributed by atoms with Crippen molar-refractivity contribution < 1.29 is 14.4 Å². The summed E-state index contributed by atoms with van der Waals surface area (Å²) in [6.45, 7) is 8.38. The molecule has 0 radical (unpaired) electrons. The molecule has 0 spiro atoms. The van der Waals surface area contributed by atoms with E-state index >= 15 is 0 Å². The minimum Gasteiger partial charge on any atom is -0.370 e. The molecule has 1 aliphatic rings. The maximum absolute atomic E-state index is 12.3. The molecule has 1 saturated heterocycles. The van der Waals surface area contributed by atoms with E-state index in [0.717, 1.165) is 63.0 Å². The van der Waals surface area contributed by atoms with Crippen LogP contribution in [0.4, 0.5) is 5.82 Å². The van der Waals surface area contributed by atoms with E-state index in [1.54, 1.807) is 9.42 Å². The van der Waals surface area contributed by atoms with Crippen molar-refractivity contribution in [2.24, 2.45) is 0 Å². The number of morpholine rings is 1.